The Hall–Kier alpha value is -1.29. The normalized spacial score (nSPS) is 20.4. The molecule has 1 saturated heterocycles. The first kappa shape index (κ1) is 12.2. The summed E-state index contributed by atoms with van der Waals surface area (Å²) < 4.78 is 5.44. The Morgan fingerprint density at radius 2 is 2.41 bits per heavy atom. The lowest BCUT2D eigenvalue weighted by Crippen LogP contribution is -2.44. The number of hydrogen-bond acceptors (Lipinski definition) is 4. The van der Waals surface area contributed by atoms with Gasteiger partial charge < -0.3 is 15.0 Å². The molecule has 4 nitrogen and oxygen atoms in total. The molecule has 2 rings (SSSR count). The van der Waals surface area contributed by atoms with Crippen molar-refractivity contribution in [3.05, 3.63) is 18.2 Å². The summed E-state index contributed by atoms with van der Waals surface area (Å²) in [6.07, 6.45) is 1.11. The molecule has 17 heavy (non-hydrogen) atoms. The molecular weight excluding hydrogens is 214 g/mol. The van der Waals surface area contributed by atoms with Crippen LogP contribution in [0, 0.1) is 0 Å². The van der Waals surface area contributed by atoms with Gasteiger partial charge in [0.05, 0.1) is 19.3 Å². The van der Waals surface area contributed by atoms with Gasteiger partial charge in [-0.05, 0) is 25.5 Å². The van der Waals surface area contributed by atoms with E-state index in [0.29, 0.717) is 6.04 Å². The van der Waals surface area contributed by atoms with Gasteiger partial charge in [-0.3, -0.25) is 0 Å². The molecule has 0 aliphatic carbocycles. The average molecular weight is 235 g/mol. The summed E-state index contributed by atoms with van der Waals surface area (Å²) in [4.78, 5) is 6.95. The lowest BCUT2D eigenvalue weighted by Gasteiger charge is -2.34. The number of pyridine rings is 1. The van der Waals surface area contributed by atoms with Crippen molar-refractivity contribution in [3.8, 4) is 0 Å². The van der Waals surface area contributed by atoms with Crippen molar-refractivity contribution >= 4 is 11.6 Å². The number of rotatable bonds is 4. The SMILES string of the molecule is CCCNc1cccc(N2CCOCC2C)n1. The Kier molecular flexibility index (Phi) is 4.20. The molecule has 0 saturated carbocycles. The maximum absolute atomic E-state index is 5.44. The van der Waals surface area contributed by atoms with Crippen LogP contribution in [0.25, 0.3) is 0 Å². The first-order valence-corrected chi connectivity index (χ1v) is 6.36. The van der Waals surface area contributed by atoms with Crippen molar-refractivity contribution in [3.63, 3.8) is 0 Å². The number of anilines is 2. The summed E-state index contributed by atoms with van der Waals surface area (Å²) in [7, 11) is 0. The molecule has 2 heterocycles. The fourth-order valence-corrected chi connectivity index (χ4v) is 2.00. The predicted octanol–water partition coefficient (Wildman–Crippen LogP) is 2.13. The van der Waals surface area contributed by atoms with Crippen LogP contribution in [0.3, 0.4) is 0 Å². The van der Waals surface area contributed by atoms with Crippen LogP contribution in [-0.2, 0) is 4.74 Å². The van der Waals surface area contributed by atoms with Crippen molar-refractivity contribution in [2.24, 2.45) is 0 Å². The summed E-state index contributed by atoms with van der Waals surface area (Å²) >= 11 is 0. The van der Waals surface area contributed by atoms with Crippen LogP contribution in [0.1, 0.15) is 20.3 Å². The number of ether oxygens (including phenoxy) is 1. The van der Waals surface area contributed by atoms with E-state index in [9.17, 15) is 0 Å². The molecule has 0 radical (unpaired) electrons. The van der Waals surface area contributed by atoms with Gasteiger partial charge in [-0.2, -0.15) is 0 Å². The Morgan fingerprint density at radius 1 is 1.53 bits per heavy atom. The number of nitrogens with zero attached hydrogens (tertiary/aromatic N) is 2. The Morgan fingerprint density at radius 3 is 3.18 bits per heavy atom. The third-order valence-electron chi connectivity index (χ3n) is 2.95. The van der Waals surface area contributed by atoms with Crippen molar-refractivity contribution in [2.45, 2.75) is 26.3 Å². The van der Waals surface area contributed by atoms with E-state index in [2.05, 4.69) is 41.2 Å². The summed E-state index contributed by atoms with van der Waals surface area (Å²) in [6, 6.07) is 6.55. The predicted molar refractivity (Wildman–Crippen MR) is 70.6 cm³/mol. The van der Waals surface area contributed by atoms with Gasteiger partial charge in [0.2, 0.25) is 0 Å². The van der Waals surface area contributed by atoms with Crippen LogP contribution in [-0.4, -0.2) is 37.3 Å². The molecule has 0 amide bonds. The summed E-state index contributed by atoms with van der Waals surface area (Å²) in [5, 5.41) is 3.32. The number of hydrogen-bond donors (Lipinski definition) is 1. The van der Waals surface area contributed by atoms with Crippen molar-refractivity contribution in [1.29, 1.82) is 0 Å². The number of morpholine rings is 1. The van der Waals surface area contributed by atoms with E-state index >= 15 is 0 Å². The first-order chi connectivity index (χ1) is 8.31. The second kappa shape index (κ2) is 5.87. The zero-order chi connectivity index (χ0) is 12.1. The molecule has 0 bridgehead atoms. The quantitative estimate of drug-likeness (QED) is 0.867. The number of aromatic nitrogens is 1. The Labute approximate surface area is 103 Å². The molecule has 1 aromatic heterocycles. The average Bonchev–Trinajstić information content (AvgIpc) is 2.37. The second-order valence-electron chi connectivity index (χ2n) is 4.43. The van der Waals surface area contributed by atoms with E-state index in [0.717, 1.165) is 44.4 Å². The minimum Gasteiger partial charge on any atom is -0.377 e. The van der Waals surface area contributed by atoms with Gasteiger partial charge >= 0.3 is 0 Å². The maximum atomic E-state index is 5.44. The van der Waals surface area contributed by atoms with Gasteiger partial charge in [-0.25, -0.2) is 4.98 Å². The minimum atomic E-state index is 0.401. The summed E-state index contributed by atoms with van der Waals surface area (Å²) in [5.74, 6) is 2.00. The van der Waals surface area contributed by atoms with Crippen LogP contribution in [0.15, 0.2) is 18.2 Å². The molecule has 94 valence electrons. The van der Waals surface area contributed by atoms with Crippen LogP contribution < -0.4 is 10.2 Å². The smallest absolute Gasteiger partial charge is 0.131 e. The first-order valence-electron chi connectivity index (χ1n) is 6.36. The zero-order valence-corrected chi connectivity index (χ0v) is 10.6. The van der Waals surface area contributed by atoms with Gasteiger partial charge in [-0.15, -0.1) is 0 Å². The molecule has 1 aromatic rings. The van der Waals surface area contributed by atoms with Gasteiger partial charge in [-0.1, -0.05) is 13.0 Å². The monoisotopic (exact) mass is 235 g/mol. The molecule has 1 unspecified atom stereocenters. The Balaban J connectivity index is 2.08. The molecule has 1 N–H and O–H groups in total. The lowest BCUT2D eigenvalue weighted by molar-refractivity contribution is 0.0985. The Bertz CT molecular complexity index is 356. The topological polar surface area (TPSA) is 37.4 Å². The fraction of sp³-hybridized carbons (Fsp3) is 0.615. The highest BCUT2D eigenvalue weighted by Gasteiger charge is 2.19. The lowest BCUT2D eigenvalue weighted by atomic mass is 10.2. The van der Waals surface area contributed by atoms with Crippen LogP contribution in [0.4, 0.5) is 11.6 Å². The molecule has 4 heteroatoms. The van der Waals surface area contributed by atoms with Crippen molar-refractivity contribution in [2.75, 3.05) is 36.5 Å². The molecule has 1 aliphatic heterocycles. The second-order valence-corrected chi connectivity index (χ2v) is 4.43. The minimum absolute atomic E-state index is 0.401. The molecule has 1 aliphatic rings. The van der Waals surface area contributed by atoms with E-state index in [1.165, 1.54) is 0 Å². The van der Waals surface area contributed by atoms with Gasteiger partial charge in [0.15, 0.2) is 0 Å². The van der Waals surface area contributed by atoms with Crippen LogP contribution in [0.2, 0.25) is 0 Å². The highest BCUT2D eigenvalue weighted by atomic mass is 16.5. The number of nitrogens with one attached hydrogen (secondary N) is 1. The summed E-state index contributed by atoms with van der Waals surface area (Å²) in [6.45, 7) is 7.79. The third kappa shape index (κ3) is 3.09. The van der Waals surface area contributed by atoms with Gasteiger partial charge in [0, 0.05) is 13.1 Å². The third-order valence-corrected chi connectivity index (χ3v) is 2.95. The van der Waals surface area contributed by atoms with Gasteiger partial charge in [0.1, 0.15) is 11.6 Å². The van der Waals surface area contributed by atoms with Crippen molar-refractivity contribution in [1.82, 2.24) is 4.98 Å². The van der Waals surface area contributed by atoms with E-state index in [-0.39, 0.29) is 0 Å². The molecule has 0 aromatic carbocycles. The molecule has 0 spiro atoms. The maximum Gasteiger partial charge on any atom is 0.131 e. The molecule has 1 atom stereocenters. The van der Waals surface area contributed by atoms with Crippen LogP contribution >= 0.6 is 0 Å². The van der Waals surface area contributed by atoms with E-state index in [1.54, 1.807) is 0 Å². The van der Waals surface area contributed by atoms with Crippen LogP contribution in [0.5, 0.6) is 0 Å². The van der Waals surface area contributed by atoms with Crippen molar-refractivity contribution < 1.29 is 4.74 Å². The van der Waals surface area contributed by atoms with E-state index in [1.807, 2.05) is 6.07 Å². The van der Waals surface area contributed by atoms with Gasteiger partial charge in [0.25, 0.3) is 0 Å². The fourth-order valence-electron chi connectivity index (χ4n) is 2.00. The molecule has 1 fully saturated rings. The zero-order valence-electron chi connectivity index (χ0n) is 10.6. The largest absolute Gasteiger partial charge is 0.377 e. The molecular formula is C13H21N3O. The van der Waals surface area contributed by atoms with E-state index in [4.69, 9.17) is 4.74 Å². The summed E-state index contributed by atoms with van der Waals surface area (Å²) in [5.41, 5.74) is 0. The highest BCUT2D eigenvalue weighted by Crippen LogP contribution is 2.19. The van der Waals surface area contributed by atoms with E-state index < -0.39 is 0 Å². The highest BCUT2D eigenvalue weighted by molar-refractivity contribution is 5.47. The standard InChI is InChI=1S/C13H21N3O/c1-3-7-14-12-5-4-6-13(15-12)16-8-9-17-10-11(16)2/h4-6,11H,3,7-10H2,1-2H3,(H,14,15).